The normalized spacial score (nSPS) is 23.4. The molecule has 1 atom stereocenters. The van der Waals surface area contributed by atoms with Crippen LogP contribution < -0.4 is 5.32 Å². The van der Waals surface area contributed by atoms with E-state index in [0.29, 0.717) is 24.2 Å². The highest BCUT2D eigenvalue weighted by Crippen LogP contribution is 2.38. The average molecular weight is 437 g/mol. The molecule has 1 N–H and O–H groups in total. The Morgan fingerprint density at radius 2 is 2.00 bits per heavy atom. The highest BCUT2D eigenvalue weighted by molar-refractivity contribution is 5.75. The number of carbonyl (C=O) groups excluding carboxylic acids is 1. The number of hydrogen-bond donors (Lipinski definition) is 1. The molecule has 2 aromatic rings. The van der Waals surface area contributed by atoms with Crippen LogP contribution in [0.3, 0.4) is 0 Å². The second kappa shape index (κ2) is 11.0. The van der Waals surface area contributed by atoms with Crippen LogP contribution in [0.4, 0.5) is 0 Å². The number of ether oxygens (including phenoxy) is 1. The summed E-state index contributed by atoms with van der Waals surface area (Å²) in [5.41, 5.74) is 3.14. The third kappa shape index (κ3) is 5.91. The SMILES string of the molecule is CC(C)c1ncc(-c2ccccn2)c(C2CCC(CNC(=O)CC[C@@H]3CCCO3)CC2)n1. The molecule has 0 spiro atoms. The maximum atomic E-state index is 12.2. The van der Waals surface area contributed by atoms with Gasteiger partial charge in [-0.2, -0.15) is 0 Å². The third-order valence-corrected chi connectivity index (χ3v) is 6.83. The monoisotopic (exact) mass is 436 g/mol. The van der Waals surface area contributed by atoms with Crippen LogP contribution in [-0.2, 0) is 9.53 Å². The Bertz CT molecular complexity index is 873. The number of aromatic nitrogens is 3. The summed E-state index contributed by atoms with van der Waals surface area (Å²) in [6.07, 6.45) is 12.1. The first-order chi connectivity index (χ1) is 15.6. The van der Waals surface area contributed by atoms with E-state index >= 15 is 0 Å². The fraction of sp³-hybridized carbons (Fsp3) is 0.615. The molecule has 6 nitrogen and oxygen atoms in total. The Kier molecular flexibility index (Phi) is 7.85. The van der Waals surface area contributed by atoms with Gasteiger partial charge in [-0.1, -0.05) is 19.9 Å². The van der Waals surface area contributed by atoms with Crippen molar-refractivity contribution in [2.75, 3.05) is 13.2 Å². The number of hydrogen-bond acceptors (Lipinski definition) is 5. The van der Waals surface area contributed by atoms with Gasteiger partial charge in [-0.3, -0.25) is 9.78 Å². The summed E-state index contributed by atoms with van der Waals surface area (Å²) in [6.45, 7) is 5.91. The van der Waals surface area contributed by atoms with Crippen molar-refractivity contribution in [1.82, 2.24) is 20.3 Å². The highest BCUT2D eigenvalue weighted by atomic mass is 16.5. The van der Waals surface area contributed by atoms with Crippen LogP contribution in [0.2, 0.25) is 0 Å². The summed E-state index contributed by atoms with van der Waals surface area (Å²) in [5, 5.41) is 3.16. The van der Waals surface area contributed by atoms with Crippen LogP contribution in [0.25, 0.3) is 11.3 Å². The molecule has 1 aliphatic heterocycles. The maximum Gasteiger partial charge on any atom is 0.220 e. The Labute approximate surface area is 191 Å². The Balaban J connectivity index is 1.33. The molecular weight excluding hydrogens is 400 g/mol. The smallest absolute Gasteiger partial charge is 0.220 e. The first kappa shape index (κ1) is 22.8. The lowest BCUT2D eigenvalue weighted by Gasteiger charge is -2.29. The van der Waals surface area contributed by atoms with Crippen molar-refractivity contribution in [3.05, 3.63) is 42.1 Å². The molecule has 3 heterocycles. The minimum Gasteiger partial charge on any atom is -0.378 e. The van der Waals surface area contributed by atoms with Gasteiger partial charge in [-0.05, 0) is 63.0 Å². The molecule has 2 aliphatic rings. The van der Waals surface area contributed by atoms with Crippen molar-refractivity contribution in [1.29, 1.82) is 0 Å². The predicted octanol–water partition coefficient (Wildman–Crippen LogP) is 5.01. The van der Waals surface area contributed by atoms with Crippen LogP contribution in [0.5, 0.6) is 0 Å². The van der Waals surface area contributed by atoms with Gasteiger partial charge in [0.25, 0.3) is 0 Å². The van der Waals surface area contributed by atoms with Gasteiger partial charge in [0, 0.05) is 49.4 Å². The van der Waals surface area contributed by atoms with Gasteiger partial charge in [0.05, 0.1) is 17.5 Å². The van der Waals surface area contributed by atoms with E-state index in [2.05, 4.69) is 29.1 Å². The van der Waals surface area contributed by atoms with E-state index in [1.54, 1.807) is 0 Å². The van der Waals surface area contributed by atoms with Crippen LogP contribution in [0, 0.1) is 5.92 Å². The van der Waals surface area contributed by atoms with Crippen molar-refractivity contribution >= 4 is 5.91 Å². The van der Waals surface area contributed by atoms with Gasteiger partial charge in [-0.25, -0.2) is 9.97 Å². The second-order valence-electron chi connectivity index (χ2n) is 9.59. The lowest BCUT2D eigenvalue weighted by Crippen LogP contribution is -2.31. The van der Waals surface area contributed by atoms with Crippen molar-refractivity contribution in [2.24, 2.45) is 5.92 Å². The largest absolute Gasteiger partial charge is 0.378 e. The third-order valence-electron chi connectivity index (χ3n) is 6.83. The van der Waals surface area contributed by atoms with Gasteiger partial charge in [0.15, 0.2) is 0 Å². The lowest BCUT2D eigenvalue weighted by atomic mass is 9.79. The van der Waals surface area contributed by atoms with E-state index in [1.165, 1.54) is 0 Å². The summed E-state index contributed by atoms with van der Waals surface area (Å²) >= 11 is 0. The molecule has 1 aliphatic carbocycles. The Morgan fingerprint density at radius 1 is 1.16 bits per heavy atom. The molecule has 32 heavy (non-hydrogen) atoms. The number of carbonyl (C=O) groups is 1. The molecule has 6 heteroatoms. The molecule has 1 saturated heterocycles. The topological polar surface area (TPSA) is 77.0 Å². The van der Waals surface area contributed by atoms with E-state index in [0.717, 1.165) is 80.9 Å². The molecule has 172 valence electrons. The van der Waals surface area contributed by atoms with Crippen molar-refractivity contribution in [3.63, 3.8) is 0 Å². The minimum atomic E-state index is 0.164. The van der Waals surface area contributed by atoms with Gasteiger partial charge in [-0.15, -0.1) is 0 Å². The standard InChI is InChI=1S/C26H36N4O2/c1-18(2)26-29-17-22(23-7-3-4-14-27-23)25(30-26)20-10-8-19(9-11-20)16-28-24(31)13-12-21-6-5-15-32-21/h3-4,7,14,17-21H,5-6,8-13,15-16H2,1-2H3,(H,28,31)/t19?,20?,21-/m0/s1. The first-order valence-electron chi connectivity index (χ1n) is 12.3. The Hall–Kier alpha value is -2.34. The Morgan fingerprint density at radius 3 is 2.69 bits per heavy atom. The summed E-state index contributed by atoms with van der Waals surface area (Å²) in [4.78, 5) is 26.4. The van der Waals surface area contributed by atoms with Crippen LogP contribution >= 0.6 is 0 Å². The van der Waals surface area contributed by atoms with Gasteiger partial charge in [0.1, 0.15) is 5.82 Å². The van der Waals surface area contributed by atoms with Crippen molar-refractivity contribution in [3.8, 4) is 11.3 Å². The number of rotatable bonds is 8. The molecular formula is C26H36N4O2. The van der Waals surface area contributed by atoms with E-state index in [4.69, 9.17) is 9.72 Å². The fourth-order valence-corrected chi connectivity index (χ4v) is 4.87. The van der Waals surface area contributed by atoms with Crippen LogP contribution in [-0.4, -0.2) is 40.1 Å². The molecule has 1 amide bonds. The zero-order chi connectivity index (χ0) is 22.3. The number of amides is 1. The van der Waals surface area contributed by atoms with Gasteiger partial charge < -0.3 is 10.1 Å². The van der Waals surface area contributed by atoms with Crippen molar-refractivity contribution < 1.29 is 9.53 Å². The molecule has 4 rings (SSSR count). The molecule has 2 aromatic heterocycles. The maximum absolute atomic E-state index is 12.2. The zero-order valence-electron chi connectivity index (χ0n) is 19.4. The minimum absolute atomic E-state index is 0.164. The highest BCUT2D eigenvalue weighted by Gasteiger charge is 2.27. The molecule has 0 aromatic carbocycles. The van der Waals surface area contributed by atoms with E-state index in [1.807, 2.05) is 30.6 Å². The first-order valence-corrected chi connectivity index (χ1v) is 12.3. The van der Waals surface area contributed by atoms with Crippen molar-refractivity contribution in [2.45, 2.75) is 83.2 Å². The lowest BCUT2D eigenvalue weighted by molar-refractivity contribution is -0.121. The molecule has 0 radical (unpaired) electrons. The van der Waals surface area contributed by atoms with Crippen LogP contribution in [0.15, 0.2) is 30.6 Å². The number of nitrogens with one attached hydrogen (secondary N) is 1. The number of pyridine rings is 1. The summed E-state index contributed by atoms with van der Waals surface area (Å²) in [5.74, 6) is 2.33. The predicted molar refractivity (Wildman–Crippen MR) is 125 cm³/mol. The fourth-order valence-electron chi connectivity index (χ4n) is 4.87. The quantitative estimate of drug-likeness (QED) is 0.629. The zero-order valence-corrected chi connectivity index (χ0v) is 19.4. The van der Waals surface area contributed by atoms with E-state index < -0.39 is 0 Å². The summed E-state index contributed by atoms with van der Waals surface area (Å²) in [6, 6.07) is 5.99. The van der Waals surface area contributed by atoms with Gasteiger partial charge >= 0.3 is 0 Å². The second-order valence-corrected chi connectivity index (χ2v) is 9.59. The van der Waals surface area contributed by atoms with Gasteiger partial charge in [0.2, 0.25) is 5.91 Å². The van der Waals surface area contributed by atoms with Crippen LogP contribution in [0.1, 0.15) is 88.6 Å². The number of nitrogens with zero attached hydrogens (tertiary/aromatic N) is 3. The molecule has 0 bridgehead atoms. The molecule has 2 fully saturated rings. The summed E-state index contributed by atoms with van der Waals surface area (Å²) < 4.78 is 5.62. The van der Waals surface area contributed by atoms with E-state index in [9.17, 15) is 4.79 Å². The molecule has 0 unspecified atom stereocenters. The molecule has 1 saturated carbocycles. The summed E-state index contributed by atoms with van der Waals surface area (Å²) in [7, 11) is 0. The average Bonchev–Trinajstić information content (AvgIpc) is 3.36. The van der Waals surface area contributed by atoms with E-state index in [-0.39, 0.29) is 12.0 Å².